The van der Waals surface area contributed by atoms with Crippen molar-refractivity contribution in [1.82, 2.24) is 19.7 Å². The van der Waals surface area contributed by atoms with E-state index in [9.17, 15) is 18.0 Å². The second-order valence-electron chi connectivity index (χ2n) is 6.77. The molecule has 0 aliphatic carbocycles. The smallest absolute Gasteiger partial charge is 0.404 e. The van der Waals surface area contributed by atoms with Crippen molar-refractivity contribution in [2.45, 2.75) is 12.8 Å². The quantitative estimate of drug-likeness (QED) is 0.398. The number of nitrogens with two attached hydrogens (primary N) is 1. The minimum atomic E-state index is -4.88. The van der Waals surface area contributed by atoms with Crippen LogP contribution in [-0.4, -0.2) is 38.6 Å². The molecule has 166 valence electrons. The van der Waals surface area contributed by atoms with Crippen molar-refractivity contribution in [2.75, 3.05) is 11.9 Å². The third-order valence-corrected chi connectivity index (χ3v) is 4.75. The fourth-order valence-corrected chi connectivity index (χ4v) is 3.19. The summed E-state index contributed by atoms with van der Waals surface area (Å²) in [4.78, 5) is 19.6. The summed E-state index contributed by atoms with van der Waals surface area (Å²) >= 11 is 5.86. The molecule has 2 aromatic heterocycles. The number of aromatic nitrogens is 4. The Kier molecular flexibility index (Phi) is 5.76. The van der Waals surface area contributed by atoms with E-state index in [4.69, 9.17) is 17.3 Å². The van der Waals surface area contributed by atoms with Gasteiger partial charge in [0.15, 0.2) is 0 Å². The van der Waals surface area contributed by atoms with E-state index in [1.165, 1.54) is 23.1 Å². The second-order valence-corrected chi connectivity index (χ2v) is 7.18. The van der Waals surface area contributed by atoms with E-state index in [0.717, 1.165) is 18.1 Å². The van der Waals surface area contributed by atoms with Crippen LogP contribution in [0.4, 0.5) is 18.9 Å². The maximum atomic E-state index is 12.5. The number of aromatic amines is 1. The average Bonchev–Trinajstić information content (AvgIpc) is 3.36. The summed E-state index contributed by atoms with van der Waals surface area (Å²) in [7, 11) is 0. The van der Waals surface area contributed by atoms with Gasteiger partial charge in [0, 0.05) is 18.0 Å². The van der Waals surface area contributed by atoms with E-state index >= 15 is 0 Å². The molecule has 1 amide bonds. The van der Waals surface area contributed by atoms with Gasteiger partial charge in [0.2, 0.25) is 5.95 Å². The van der Waals surface area contributed by atoms with E-state index in [-0.39, 0.29) is 28.0 Å². The van der Waals surface area contributed by atoms with Crippen LogP contribution >= 0.6 is 11.6 Å². The van der Waals surface area contributed by atoms with Gasteiger partial charge >= 0.3 is 6.36 Å². The summed E-state index contributed by atoms with van der Waals surface area (Å²) < 4.78 is 42.7. The number of imidazole rings is 1. The number of ether oxygens (including phenoxy) is 1. The highest BCUT2D eigenvalue weighted by Gasteiger charge is 2.32. The molecule has 0 radical (unpaired) electrons. The number of amides is 1. The maximum Gasteiger partial charge on any atom is 0.573 e. The van der Waals surface area contributed by atoms with Crippen molar-refractivity contribution in [1.29, 1.82) is 0 Å². The van der Waals surface area contributed by atoms with Crippen molar-refractivity contribution >= 4 is 34.2 Å². The van der Waals surface area contributed by atoms with E-state index in [0.29, 0.717) is 17.7 Å². The molecule has 4 aromatic rings. The Morgan fingerprint density at radius 3 is 2.69 bits per heavy atom. The van der Waals surface area contributed by atoms with Crippen LogP contribution in [0.25, 0.3) is 17.0 Å². The highest BCUT2D eigenvalue weighted by molar-refractivity contribution is 6.32. The first-order chi connectivity index (χ1) is 15.2. The zero-order valence-electron chi connectivity index (χ0n) is 16.3. The van der Waals surface area contributed by atoms with Crippen LogP contribution < -0.4 is 15.8 Å². The van der Waals surface area contributed by atoms with Gasteiger partial charge in [-0.2, -0.15) is 5.10 Å². The molecule has 4 N–H and O–H groups in total. The minimum Gasteiger partial charge on any atom is -0.404 e. The van der Waals surface area contributed by atoms with Gasteiger partial charge in [0.25, 0.3) is 5.91 Å². The van der Waals surface area contributed by atoms with Gasteiger partial charge in [-0.05, 0) is 36.7 Å². The SMILES string of the molecule is NCCc1ccc(NC(=O)c2cnn(-c3nc4cc(OC(F)(F)F)c(Cl)cc4[nH]3)c2)cc1. The molecule has 0 spiro atoms. The molecule has 0 aliphatic heterocycles. The van der Waals surface area contributed by atoms with E-state index in [1.807, 2.05) is 12.1 Å². The van der Waals surface area contributed by atoms with Crippen molar-refractivity contribution in [3.8, 4) is 11.7 Å². The molecule has 0 saturated carbocycles. The molecule has 12 heteroatoms. The van der Waals surface area contributed by atoms with Gasteiger partial charge in [0.05, 0.1) is 27.8 Å². The number of benzene rings is 2. The Morgan fingerprint density at radius 1 is 1.25 bits per heavy atom. The van der Waals surface area contributed by atoms with E-state index in [1.54, 1.807) is 12.1 Å². The molecule has 0 atom stereocenters. The summed E-state index contributed by atoms with van der Waals surface area (Å²) in [5.74, 6) is -0.768. The number of carbonyl (C=O) groups is 1. The van der Waals surface area contributed by atoms with Gasteiger partial charge in [-0.25, -0.2) is 9.67 Å². The Bertz CT molecular complexity index is 1270. The molecule has 0 bridgehead atoms. The number of rotatable bonds is 6. The Morgan fingerprint density at radius 2 is 2.00 bits per heavy atom. The number of halogens is 4. The summed E-state index contributed by atoms with van der Waals surface area (Å²) in [6.07, 6.45) is -1.36. The third kappa shape index (κ3) is 4.84. The van der Waals surface area contributed by atoms with E-state index in [2.05, 4.69) is 25.1 Å². The molecule has 0 saturated heterocycles. The van der Waals surface area contributed by atoms with E-state index < -0.39 is 12.1 Å². The highest BCUT2D eigenvalue weighted by atomic mass is 35.5. The molecule has 4 rings (SSSR count). The number of anilines is 1. The van der Waals surface area contributed by atoms with Crippen LogP contribution in [0.3, 0.4) is 0 Å². The molecule has 0 aliphatic rings. The van der Waals surface area contributed by atoms with Gasteiger partial charge < -0.3 is 20.8 Å². The number of nitrogens with one attached hydrogen (secondary N) is 2. The first-order valence-electron chi connectivity index (χ1n) is 9.32. The lowest BCUT2D eigenvalue weighted by Gasteiger charge is -2.09. The molecular weight excluding hydrogens is 449 g/mol. The number of hydrogen-bond donors (Lipinski definition) is 3. The number of fused-ring (bicyclic) bond motifs is 1. The van der Waals surface area contributed by atoms with Crippen molar-refractivity contribution in [3.05, 3.63) is 64.9 Å². The van der Waals surface area contributed by atoms with Crippen LogP contribution in [0.5, 0.6) is 5.75 Å². The van der Waals surface area contributed by atoms with Crippen molar-refractivity contribution in [3.63, 3.8) is 0 Å². The van der Waals surface area contributed by atoms with Crippen molar-refractivity contribution in [2.24, 2.45) is 5.73 Å². The Balaban J connectivity index is 1.52. The molecule has 8 nitrogen and oxygen atoms in total. The Hall–Kier alpha value is -3.57. The first-order valence-corrected chi connectivity index (χ1v) is 9.70. The molecular formula is C20H16ClF3N6O2. The topological polar surface area (TPSA) is 111 Å². The average molecular weight is 465 g/mol. The third-order valence-electron chi connectivity index (χ3n) is 4.46. The van der Waals surface area contributed by atoms with Crippen LogP contribution in [-0.2, 0) is 6.42 Å². The van der Waals surface area contributed by atoms with Gasteiger partial charge in [-0.15, -0.1) is 13.2 Å². The number of hydrogen-bond acceptors (Lipinski definition) is 5. The van der Waals surface area contributed by atoms with Crippen LogP contribution in [0.1, 0.15) is 15.9 Å². The van der Waals surface area contributed by atoms with Gasteiger partial charge in [0.1, 0.15) is 5.75 Å². The second kappa shape index (κ2) is 8.52. The summed E-state index contributed by atoms with van der Waals surface area (Å²) in [5.41, 5.74) is 8.01. The number of H-pyrrole nitrogens is 1. The fourth-order valence-electron chi connectivity index (χ4n) is 2.99. The largest absolute Gasteiger partial charge is 0.573 e. The predicted octanol–water partition coefficient (Wildman–Crippen LogP) is 4.05. The predicted molar refractivity (Wildman–Crippen MR) is 112 cm³/mol. The lowest BCUT2D eigenvalue weighted by Crippen LogP contribution is -2.17. The standard InChI is InChI=1S/C20H16ClF3N6O2/c21-14-7-15-16(8-17(14)32-20(22,23)24)29-19(28-15)30-10-12(9-26-30)18(31)27-13-3-1-11(2-4-13)5-6-25/h1-4,7-10H,5-6,25H2,(H,27,31)(H,28,29). The van der Waals surface area contributed by atoms with Crippen LogP contribution in [0.15, 0.2) is 48.8 Å². The number of alkyl halides is 3. The van der Waals surface area contributed by atoms with Gasteiger partial charge in [-0.3, -0.25) is 4.79 Å². The summed E-state index contributed by atoms with van der Waals surface area (Å²) in [5, 5.41) is 6.62. The molecule has 2 aromatic carbocycles. The van der Waals surface area contributed by atoms with Crippen molar-refractivity contribution < 1.29 is 22.7 Å². The first kappa shape index (κ1) is 21.7. The fraction of sp³-hybridized carbons (Fsp3) is 0.150. The zero-order valence-corrected chi connectivity index (χ0v) is 17.0. The number of carbonyl (C=O) groups excluding carboxylic acids is 1. The normalized spacial score (nSPS) is 11.7. The molecule has 32 heavy (non-hydrogen) atoms. The van der Waals surface area contributed by atoms with Gasteiger partial charge in [-0.1, -0.05) is 23.7 Å². The summed E-state index contributed by atoms with van der Waals surface area (Å²) in [6.45, 7) is 0.537. The van der Waals surface area contributed by atoms with Crippen LogP contribution in [0.2, 0.25) is 5.02 Å². The lowest BCUT2D eigenvalue weighted by atomic mass is 10.1. The Labute approximate surface area is 184 Å². The highest BCUT2D eigenvalue weighted by Crippen LogP contribution is 2.33. The monoisotopic (exact) mass is 464 g/mol. The van der Waals surface area contributed by atoms with Crippen LogP contribution in [0, 0.1) is 0 Å². The zero-order chi connectivity index (χ0) is 22.9. The maximum absolute atomic E-state index is 12.5. The minimum absolute atomic E-state index is 0.183. The lowest BCUT2D eigenvalue weighted by molar-refractivity contribution is -0.274. The molecule has 0 unspecified atom stereocenters. The summed E-state index contributed by atoms with van der Waals surface area (Å²) in [6, 6.07) is 9.63. The molecule has 0 fully saturated rings. The molecule has 2 heterocycles. The number of nitrogens with zero attached hydrogens (tertiary/aromatic N) is 3.